The third-order valence-corrected chi connectivity index (χ3v) is 6.35. The molecule has 1 heterocycles. The van der Waals surface area contributed by atoms with Crippen molar-refractivity contribution in [1.82, 2.24) is 9.88 Å². The van der Waals surface area contributed by atoms with Crippen LogP contribution in [0.2, 0.25) is 0 Å². The minimum atomic E-state index is -0.447. The molecule has 2 atom stereocenters. The average molecular weight is 485 g/mol. The molecule has 0 aliphatic carbocycles. The lowest BCUT2D eigenvalue weighted by Gasteiger charge is -2.21. The van der Waals surface area contributed by atoms with Crippen molar-refractivity contribution in [3.05, 3.63) is 108 Å². The van der Waals surface area contributed by atoms with Crippen molar-refractivity contribution in [2.24, 2.45) is 0 Å². The molecule has 0 saturated heterocycles. The fourth-order valence-corrected chi connectivity index (χ4v) is 4.62. The summed E-state index contributed by atoms with van der Waals surface area (Å²) in [6, 6.07) is 27.4. The number of nitrogens with zero attached hydrogens (tertiary/aromatic N) is 1. The van der Waals surface area contributed by atoms with Crippen LogP contribution in [-0.4, -0.2) is 34.8 Å². The minimum absolute atomic E-state index is 0.0221. The highest BCUT2D eigenvalue weighted by atomic mass is 16.5. The number of para-hydroxylation sites is 1. The summed E-state index contributed by atoms with van der Waals surface area (Å²) in [7, 11) is 0. The number of aliphatic hydroxyl groups is 1. The second kappa shape index (κ2) is 12.2. The lowest BCUT2D eigenvalue weighted by Crippen LogP contribution is -2.33. The van der Waals surface area contributed by atoms with Gasteiger partial charge >= 0.3 is 5.97 Å². The molecule has 36 heavy (non-hydrogen) atoms. The molecule has 0 bridgehead atoms. The smallest absolute Gasteiger partial charge is 0.302 e. The molecule has 0 radical (unpaired) electrons. The molecule has 4 aromatic rings. The Morgan fingerprint density at radius 2 is 1.61 bits per heavy atom. The first-order valence-corrected chi connectivity index (χ1v) is 12.3. The van der Waals surface area contributed by atoms with E-state index >= 15 is 0 Å². The molecule has 4 rings (SSSR count). The van der Waals surface area contributed by atoms with E-state index in [-0.39, 0.29) is 31.5 Å². The zero-order chi connectivity index (χ0) is 25.3. The van der Waals surface area contributed by atoms with Crippen molar-refractivity contribution in [1.29, 1.82) is 0 Å². The Balaban J connectivity index is 1.57. The monoisotopic (exact) mass is 484 g/mol. The minimum Gasteiger partial charge on any atom is -0.463 e. The number of amides is 1. The van der Waals surface area contributed by atoms with Gasteiger partial charge in [0.25, 0.3) is 0 Å². The van der Waals surface area contributed by atoms with E-state index in [1.165, 1.54) is 12.5 Å². The highest BCUT2D eigenvalue weighted by molar-refractivity contribution is 5.86. The first kappa shape index (κ1) is 25.2. The summed E-state index contributed by atoms with van der Waals surface area (Å²) < 4.78 is 7.42. The lowest BCUT2D eigenvalue weighted by molar-refractivity contribution is -0.142. The Bertz CT molecular complexity index is 1280. The average Bonchev–Trinajstić information content (AvgIpc) is 3.25. The van der Waals surface area contributed by atoms with Crippen LogP contribution in [0.25, 0.3) is 10.9 Å². The number of carbonyl (C=O) groups excluding carboxylic acids is 2. The summed E-state index contributed by atoms with van der Waals surface area (Å²) >= 11 is 0. The first-order valence-electron chi connectivity index (χ1n) is 12.3. The second-order valence-corrected chi connectivity index (χ2v) is 8.96. The largest absolute Gasteiger partial charge is 0.463 e. The Kier molecular flexibility index (Phi) is 8.53. The summed E-state index contributed by atoms with van der Waals surface area (Å²) in [5, 5.41) is 14.0. The van der Waals surface area contributed by atoms with E-state index in [1.54, 1.807) is 0 Å². The summed E-state index contributed by atoms with van der Waals surface area (Å²) in [5.41, 5.74) is 4.20. The molecule has 0 spiro atoms. The molecule has 1 aromatic heterocycles. The number of rotatable bonds is 11. The van der Waals surface area contributed by atoms with E-state index in [1.807, 2.05) is 60.7 Å². The number of carbonyl (C=O) groups is 2. The van der Waals surface area contributed by atoms with Crippen LogP contribution >= 0.6 is 0 Å². The van der Waals surface area contributed by atoms with Gasteiger partial charge in [0.1, 0.15) is 6.61 Å². The molecule has 0 fully saturated rings. The third-order valence-electron chi connectivity index (χ3n) is 6.35. The van der Waals surface area contributed by atoms with Crippen molar-refractivity contribution in [2.75, 3.05) is 13.2 Å². The molecule has 0 aliphatic rings. The summed E-state index contributed by atoms with van der Waals surface area (Å²) in [6.45, 7) is 2.11. The van der Waals surface area contributed by atoms with Crippen LogP contribution in [0, 0.1) is 0 Å². The number of hydrogen-bond acceptors (Lipinski definition) is 4. The van der Waals surface area contributed by atoms with Crippen LogP contribution in [0.1, 0.15) is 48.4 Å². The first-order chi connectivity index (χ1) is 17.5. The van der Waals surface area contributed by atoms with Crippen LogP contribution in [0.5, 0.6) is 0 Å². The van der Waals surface area contributed by atoms with Crippen molar-refractivity contribution in [3.63, 3.8) is 0 Å². The Morgan fingerprint density at radius 1 is 0.944 bits per heavy atom. The molecule has 0 unspecified atom stereocenters. The number of fused-ring (bicyclic) bond motifs is 1. The number of esters is 1. The number of aliphatic hydroxyl groups excluding tert-OH is 1. The highest BCUT2D eigenvalue weighted by Crippen LogP contribution is 2.33. The molecular weight excluding hydrogens is 452 g/mol. The Labute approximate surface area is 211 Å². The van der Waals surface area contributed by atoms with Gasteiger partial charge in [0.2, 0.25) is 5.91 Å². The Hall–Kier alpha value is -3.90. The fourth-order valence-electron chi connectivity index (χ4n) is 4.62. The zero-order valence-corrected chi connectivity index (χ0v) is 20.5. The normalized spacial score (nSPS) is 12.7. The molecule has 186 valence electrons. The fraction of sp³-hybridized carbons (Fsp3) is 0.267. The second-order valence-electron chi connectivity index (χ2n) is 8.96. The van der Waals surface area contributed by atoms with Crippen molar-refractivity contribution < 1.29 is 19.4 Å². The van der Waals surface area contributed by atoms with E-state index in [2.05, 4.69) is 40.3 Å². The standard InChI is InChI=1S/C30H32N2O4/c1-22(34)36-21-28(24-12-6-3-7-13-24)31-30(35)18-25(16-17-33)27-20-32(19-23-10-4-2-5-11-23)29-15-9-8-14-26(27)29/h2-15,20,25,28,33H,16-19,21H2,1H3,(H,31,35)/t25-,28+/m1/s1. The van der Waals surface area contributed by atoms with Gasteiger partial charge < -0.3 is 19.7 Å². The molecular formula is C30H32N2O4. The van der Waals surface area contributed by atoms with Crippen LogP contribution in [0.3, 0.4) is 0 Å². The summed E-state index contributed by atoms with van der Waals surface area (Å²) in [4.78, 5) is 24.6. The van der Waals surface area contributed by atoms with Gasteiger partial charge in [-0.3, -0.25) is 9.59 Å². The highest BCUT2D eigenvalue weighted by Gasteiger charge is 2.23. The van der Waals surface area contributed by atoms with Crippen molar-refractivity contribution in [3.8, 4) is 0 Å². The molecule has 0 saturated carbocycles. The predicted octanol–water partition coefficient (Wildman–Crippen LogP) is 4.97. The zero-order valence-electron chi connectivity index (χ0n) is 20.5. The summed E-state index contributed by atoms with van der Waals surface area (Å²) in [5.74, 6) is -0.717. The molecule has 6 nitrogen and oxygen atoms in total. The quantitative estimate of drug-likeness (QED) is 0.295. The maximum Gasteiger partial charge on any atom is 0.302 e. The molecule has 6 heteroatoms. The SMILES string of the molecule is CC(=O)OC[C@H](NC(=O)C[C@@H](CCO)c1cn(Cc2ccccc2)c2ccccc12)c1ccccc1. The summed E-state index contributed by atoms with van der Waals surface area (Å²) in [6.07, 6.45) is 2.79. The van der Waals surface area contributed by atoms with E-state index in [9.17, 15) is 14.7 Å². The van der Waals surface area contributed by atoms with Crippen LogP contribution < -0.4 is 5.32 Å². The van der Waals surface area contributed by atoms with E-state index < -0.39 is 12.0 Å². The van der Waals surface area contributed by atoms with Crippen LogP contribution in [0.4, 0.5) is 0 Å². The van der Waals surface area contributed by atoms with Gasteiger partial charge in [-0.15, -0.1) is 0 Å². The van der Waals surface area contributed by atoms with Gasteiger partial charge in [-0.05, 0) is 35.1 Å². The van der Waals surface area contributed by atoms with Crippen molar-refractivity contribution in [2.45, 2.75) is 38.3 Å². The maximum absolute atomic E-state index is 13.2. The predicted molar refractivity (Wildman–Crippen MR) is 141 cm³/mol. The Morgan fingerprint density at radius 3 is 2.31 bits per heavy atom. The van der Waals surface area contributed by atoms with Crippen LogP contribution in [-0.2, 0) is 20.9 Å². The lowest BCUT2D eigenvalue weighted by atomic mass is 9.92. The van der Waals surface area contributed by atoms with Gasteiger partial charge in [0, 0.05) is 43.6 Å². The number of ether oxygens (including phenoxy) is 1. The maximum atomic E-state index is 13.2. The number of nitrogens with one attached hydrogen (secondary N) is 1. The van der Waals surface area contributed by atoms with E-state index in [4.69, 9.17) is 4.74 Å². The number of benzene rings is 3. The number of aromatic nitrogens is 1. The van der Waals surface area contributed by atoms with Crippen LogP contribution in [0.15, 0.2) is 91.1 Å². The van der Waals surface area contributed by atoms with Gasteiger partial charge in [0.15, 0.2) is 0 Å². The van der Waals surface area contributed by atoms with Gasteiger partial charge in [-0.1, -0.05) is 78.9 Å². The van der Waals surface area contributed by atoms with E-state index in [0.29, 0.717) is 6.42 Å². The van der Waals surface area contributed by atoms with Gasteiger partial charge in [0.05, 0.1) is 6.04 Å². The third kappa shape index (κ3) is 6.40. The molecule has 0 aliphatic heterocycles. The topological polar surface area (TPSA) is 80.6 Å². The van der Waals surface area contributed by atoms with Gasteiger partial charge in [-0.2, -0.15) is 0 Å². The molecule has 2 N–H and O–H groups in total. The molecule has 1 amide bonds. The van der Waals surface area contributed by atoms with E-state index in [0.717, 1.165) is 28.6 Å². The van der Waals surface area contributed by atoms with Crippen molar-refractivity contribution >= 4 is 22.8 Å². The number of hydrogen-bond donors (Lipinski definition) is 2. The van der Waals surface area contributed by atoms with Gasteiger partial charge in [-0.25, -0.2) is 0 Å². The molecule has 3 aromatic carbocycles.